The van der Waals surface area contributed by atoms with Crippen LogP contribution in [0.15, 0.2) is 59.5 Å². The van der Waals surface area contributed by atoms with E-state index in [0.29, 0.717) is 11.3 Å². The number of benzene rings is 2. The Labute approximate surface area is 146 Å². The van der Waals surface area contributed by atoms with E-state index in [2.05, 4.69) is 12.5 Å². The summed E-state index contributed by atoms with van der Waals surface area (Å²) in [7, 11) is 0.224. The molecule has 0 saturated heterocycles. The third-order valence-corrected chi connectivity index (χ3v) is 3.73. The Morgan fingerprint density at radius 2 is 1.28 bits per heavy atom. The van der Waals surface area contributed by atoms with Gasteiger partial charge in [0.1, 0.15) is 18.3 Å². The first kappa shape index (κ1) is 21.7. The van der Waals surface area contributed by atoms with E-state index in [9.17, 15) is 21.7 Å². The van der Waals surface area contributed by atoms with Crippen LogP contribution in [0.25, 0.3) is 0 Å². The standard InChI is InChI=1S/C15H15O2S.6FH.Sb/c1-18(2)14-10-8-13(9-11-14)17-15(16)12-6-4-3-5-7-12;;;;;;;/h3-11H,1-2H3;6*1H;/q+1;;;;;;;+5/p-6. The monoisotopic (exact) mass is 494 g/mol. The summed E-state index contributed by atoms with van der Waals surface area (Å²) in [4.78, 5) is 13.1. The van der Waals surface area contributed by atoms with Crippen LogP contribution in [-0.4, -0.2) is 38.0 Å². The van der Waals surface area contributed by atoms with Crippen molar-refractivity contribution < 1.29 is 26.4 Å². The molecule has 0 fully saturated rings. The van der Waals surface area contributed by atoms with Crippen molar-refractivity contribution in [3.05, 3.63) is 60.2 Å². The van der Waals surface area contributed by atoms with Crippen molar-refractivity contribution in [3.8, 4) is 5.75 Å². The first-order chi connectivity index (χ1) is 11.1. The van der Waals surface area contributed by atoms with Gasteiger partial charge in [0.15, 0.2) is 4.90 Å². The fourth-order valence-corrected chi connectivity index (χ4v) is 2.20. The molecule has 0 aromatic heterocycles. The van der Waals surface area contributed by atoms with Gasteiger partial charge in [-0.2, -0.15) is 0 Å². The van der Waals surface area contributed by atoms with Crippen LogP contribution in [0.3, 0.4) is 0 Å². The molecule has 2 aromatic carbocycles. The molecule has 2 aromatic rings. The maximum absolute atomic E-state index is 11.8. The van der Waals surface area contributed by atoms with Crippen molar-refractivity contribution in [2.75, 3.05) is 12.5 Å². The number of carbonyl (C=O) groups excluding carboxylic acids is 1. The fourth-order valence-electron chi connectivity index (χ4n) is 1.52. The zero-order valence-electron chi connectivity index (χ0n) is 13.1. The minimum atomic E-state index is -11.2. The van der Waals surface area contributed by atoms with E-state index >= 15 is 0 Å². The van der Waals surface area contributed by atoms with Crippen molar-refractivity contribution in [2.45, 2.75) is 4.90 Å². The number of hydrogen-bond acceptors (Lipinski definition) is 2. The summed E-state index contributed by atoms with van der Waals surface area (Å²) in [5.41, 5.74) is 0.562. The van der Waals surface area contributed by atoms with E-state index in [1.807, 2.05) is 42.5 Å². The van der Waals surface area contributed by atoms with Crippen LogP contribution in [0, 0.1) is 0 Å². The molecule has 10 heteroatoms. The van der Waals surface area contributed by atoms with Crippen molar-refractivity contribution in [1.82, 2.24) is 0 Å². The Morgan fingerprint density at radius 3 is 1.68 bits per heavy atom. The van der Waals surface area contributed by atoms with Crippen molar-refractivity contribution in [1.29, 1.82) is 0 Å². The molecule has 2 rings (SSSR count). The second-order valence-electron chi connectivity index (χ2n) is 5.00. The molecule has 0 aliphatic carbocycles. The van der Waals surface area contributed by atoms with Gasteiger partial charge in [-0.1, -0.05) is 18.2 Å². The van der Waals surface area contributed by atoms with Gasteiger partial charge in [0, 0.05) is 10.9 Å². The summed E-state index contributed by atoms with van der Waals surface area (Å²) in [6.45, 7) is 0. The molecule has 0 saturated carbocycles. The van der Waals surface area contributed by atoms with Crippen LogP contribution >= 0.6 is 0 Å². The van der Waals surface area contributed by atoms with E-state index in [4.69, 9.17) is 4.74 Å². The normalized spacial score (nSPS) is 14.0. The summed E-state index contributed by atoms with van der Waals surface area (Å²) in [6.07, 6.45) is 4.32. The Hall–Kier alpha value is -1.34. The van der Waals surface area contributed by atoms with Gasteiger partial charge in [-0.05, 0) is 36.4 Å². The number of rotatable bonds is 3. The van der Waals surface area contributed by atoms with Gasteiger partial charge in [-0.15, -0.1) is 0 Å². The van der Waals surface area contributed by atoms with Gasteiger partial charge in [0.25, 0.3) is 0 Å². The predicted octanol–water partition coefficient (Wildman–Crippen LogP) is 5.28. The second-order valence-corrected chi connectivity index (χ2v) is 12.6. The van der Waals surface area contributed by atoms with Crippen LogP contribution in [0.1, 0.15) is 10.4 Å². The van der Waals surface area contributed by atoms with Crippen LogP contribution in [0.4, 0.5) is 16.9 Å². The third-order valence-electron chi connectivity index (χ3n) is 2.52. The maximum atomic E-state index is 11.8. The van der Waals surface area contributed by atoms with Gasteiger partial charge >= 0.3 is 42.3 Å². The van der Waals surface area contributed by atoms with E-state index < -0.39 is 19.5 Å². The summed E-state index contributed by atoms with van der Waals surface area (Å²) in [5.74, 6) is 0.258. The number of esters is 1. The molecule has 0 unspecified atom stereocenters. The van der Waals surface area contributed by atoms with E-state index in [1.165, 1.54) is 4.90 Å². The molecule has 0 aliphatic rings. The van der Waals surface area contributed by atoms with E-state index in [-0.39, 0.29) is 16.9 Å². The van der Waals surface area contributed by atoms with Crippen LogP contribution in [-0.2, 0) is 10.9 Å². The van der Waals surface area contributed by atoms with Gasteiger partial charge < -0.3 is 4.74 Å². The Bertz CT molecular complexity index is 704. The molecule has 0 heterocycles. The molecule has 25 heavy (non-hydrogen) atoms. The van der Waals surface area contributed by atoms with Gasteiger partial charge in [-0.3, -0.25) is 0 Å². The predicted molar refractivity (Wildman–Crippen MR) is 87.7 cm³/mol. The van der Waals surface area contributed by atoms with Crippen LogP contribution in [0.2, 0.25) is 0 Å². The summed E-state index contributed by atoms with van der Waals surface area (Å²) in [6, 6.07) is 16.7. The van der Waals surface area contributed by atoms with E-state index in [1.54, 1.807) is 12.1 Å². The molecular formula is C15H15F6O2SSb. The number of halogens is 6. The molecule has 0 aliphatic heterocycles. The summed E-state index contributed by atoms with van der Waals surface area (Å²) in [5, 5.41) is 0. The van der Waals surface area contributed by atoms with Crippen molar-refractivity contribution in [2.24, 2.45) is 0 Å². The molecule has 0 N–H and O–H groups in total. The zero-order chi connectivity index (χ0) is 19.4. The summed E-state index contributed by atoms with van der Waals surface area (Å²) >= 11 is -11.2. The molecular weight excluding hydrogens is 480 g/mol. The van der Waals surface area contributed by atoms with E-state index in [0.717, 1.165) is 0 Å². The number of ether oxygens (including phenoxy) is 1. The fraction of sp³-hybridized carbons (Fsp3) is 0.133. The topological polar surface area (TPSA) is 26.3 Å². The third kappa shape index (κ3) is 11.8. The molecule has 0 atom stereocenters. The van der Waals surface area contributed by atoms with Gasteiger partial charge in [0.05, 0.1) is 5.56 Å². The average Bonchev–Trinajstić information content (AvgIpc) is 2.45. The quantitative estimate of drug-likeness (QED) is 0.191. The van der Waals surface area contributed by atoms with Gasteiger partial charge in [0.2, 0.25) is 0 Å². The first-order valence-electron chi connectivity index (χ1n) is 6.63. The second kappa shape index (κ2) is 7.11. The molecule has 0 radical (unpaired) electrons. The Kier molecular flexibility index (Phi) is 6.17. The molecule has 2 nitrogen and oxygen atoms in total. The van der Waals surface area contributed by atoms with Crippen molar-refractivity contribution >= 4 is 36.3 Å². The molecule has 0 amide bonds. The number of hydrogen-bond donors (Lipinski definition) is 0. The van der Waals surface area contributed by atoms with Crippen LogP contribution in [0.5, 0.6) is 5.75 Å². The Balaban J connectivity index is 0.000000381. The average molecular weight is 495 g/mol. The zero-order valence-corrected chi connectivity index (χ0v) is 16.5. The molecule has 140 valence electrons. The first-order valence-corrected chi connectivity index (χ1v) is 14.5. The Morgan fingerprint density at radius 1 is 0.840 bits per heavy atom. The van der Waals surface area contributed by atoms with Gasteiger partial charge in [-0.25, -0.2) is 4.79 Å². The van der Waals surface area contributed by atoms with Crippen LogP contribution < -0.4 is 4.74 Å². The molecule has 0 bridgehead atoms. The molecule has 0 spiro atoms. The van der Waals surface area contributed by atoms with Crippen molar-refractivity contribution in [3.63, 3.8) is 0 Å². The SMILES string of the molecule is C[S+](C)c1ccc(OC(=O)c2ccccc2)cc1.[F][Sb-]([F])([F])([F])([F])[F]. The summed E-state index contributed by atoms with van der Waals surface area (Å²) < 4.78 is 64.8. The minimum absolute atomic E-state index is 0.224. The number of carbonyl (C=O) groups is 1.